The van der Waals surface area contributed by atoms with Gasteiger partial charge in [-0.2, -0.15) is 0 Å². The van der Waals surface area contributed by atoms with Crippen LogP contribution >= 0.6 is 0 Å². The highest BCUT2D eigenvalue weighted by Gasteiger charge is 2.19. The van der Waals surface area contributed by atoms with E-state index in [0.29, 0.717) is 6.61 Å². The molecule has 0 saturated heterocycles. The monoisotopic (exact) mass is 375 g/mol. The van der Waals surface area contributed by atoms with E-state index in [0.717, 1.165) is 30.3 Å². The lowest BCUT2D eigenvalue weighted by Crippen LogP contribution is -2.38. The average Bonchev–Trinajstić information content (AvgIpc) is 2.69. The fraction of sp³-hybridized carbons (Fsp3) is 0.263. The summed E-state index contributed by atoms with van der Waals surface area (Å²) in [6, 6.07) is 15.8. The summed E-state index contributed by atoms with van der Waals surface area (Å²) < 4.78 is 16.7. The molecule has 0 aromatic heterocycles. The van der Waals surface area contributed by atoms with Crippen LogP contribution in [-0.4, -0.2) is 48.5 Å². The third-order valence-corrected chi connectivity index (χ3v) is 3.61. The summed E-state index contributed by atoms with van der Waals surface area (Å²) in [4.78, 5) is 18.2. The quantitative estimate of drug-likeness (QED) is 0.678. The Balaban J connectivity index is 0.000000380. The zero-order chi connectivity index (χ0) is 19.6. The number of hydrogen-bond donors (Lipinski definition) is 3. The first-order chi connectivity index (χ1) is 13.0. The van der Waals surface area contributed by atoms with Gasteiger partial charge in [0.1, 0.15) is 18.5 Å². The van der Waals surface area contributed by atoms with Gasteiger partial charge >= 0.3 is 11.9 Å². The van der Waals surface area contributed by atoms with Gasteiger partial charge in [-0.15, -0.1) is 0 Å². The van der Waals surface area contributed by atoms with Crippen LogP contribution in [0.5, 0.6) is 17.2 Å². The second kappa shape index (κ2) is 10.0. The van der Waals surface area contributed by atoms with Gasteiger partial charge < -0.3 is 29.7 Å². The molecule has 8 nitrogen and oxygen atoms in total. The second-order valence-corrected chi connectivity index (χ2v) is 5.59. The Morgan fingerprint density at radius 3 is 2.30 bits per heavy atom. The number of hydrogen-bond acceptors (Lipinski definition) is 6. The van der Waals surface area contributed by atoms with Gasteiger partial charge in [0.2, 0.25) is 0 Å². The number of para-hydroxylation sites is 2. The van der Waals surface area contributed by atoms with E-state index in [1.54, 1.807) is 7.11 Å². The minimum absolute atomic E-state index is 0.0400. The van der Waals surface area contributed by atoms with E-state index < -0.39 is 11.9 Å². The molecule has 27 heavy (non-hydrogen) atoms. The van der Waals surface area contributed by atoms with Crippen molar-refractivity contribution in [3.8, 4) is 17.2 Å². The number of rotatable bonds is 5. The van der Waals surface area contributed by atoms with Crippen LogP contribution in [0.25, 0.3) is 0 Å². The Bertz CT molecular complexity index is 749. The van der Waals surface area contributed by atoms with Crippen molar-refractivity contribution < 1.29 is 34.0 Å². The standard InChI is InChI=1S/C17H19NO3.C2H2O4/c1-19-14-8-6-13(7-9-14)10-18-11-15-12-20-16-4-2-3-5-17(16)21-15;3-1(4)2(5)6/h2-9,15,18H,10-12H2,1H3;(H,3,4)(H,5,6). The molecule has 0 spiro atoms. The van der Waals surface area contributed by atoms with Crippen LogP contribution < -0.4 is 19.5 Å². The molecular formula is C19H21NO7. The lowest BCUT2D eigenvalue weighted by atomic mass is 10.2. The topological polar surface area (TPSA) is 114 Å². The third-order valence-electron chi connectivity index (χ3n) is 3.61. The Morgan fingerprint density at radius 1 is 1.07 bits per heavy atom. The van der Waals surface area contributed by atoms with Crippen molar-refractivity contribution in [2.24, 2.45) is 0 Å². The van der Waals surface area contributed by atoms with Crippen molar-refractivity contribution in [3.63, 3.8) is 0 Å². The first kappa shape index (κ1) is 20.1. The van der Waals surface area contributed by atoms with Crippen molar-refractivity contribution in [3.05, 3.63) is 54.1 Å². The number of carboxylic acids is 2. The molecule has 1 heterocycles. The number of ether oxygens (including phenoxy) is 3. The van der Waals surface area contributed by atoms with Crippen LogP contribution in [0.3, 0.4) is 0 Å². The van der Waals surface area contributed by atoms with E-state index in [-0.39, 0.29) is 6.10 Å². The molecule has 0 amide bonds. The van der Waals surface area contributed by atoms with Crippen molar-refractivity contribution in [1.82, 2.24) is 5.32 Å². The van der Waals surface area contributed by atoms with Gasteiger partial charge in [-0.3, -0.25) is 0 Å². The normalized spacial score (nSPS) is 14.5. The molecule has 2 aromatic rings. The fourth-order valence-electron chi connectivity index (χ4n) is 2.28. The molecule has 1 atom stereocenters. The van der Waals surface area contributed by atoms with E-state index in [2.05, 4.69) is 17.4 Å². The SMILES string of the molecule is COc1ccc(CNCC2COc3ccccc3O2)cc1.O=C(O)C(=O)O. The summed E-state index contributed by atoms with van der Waals surface area (Å²) in [6.07, 6.45) is 0.0400. The van der Waals surface area contributed by atoms with E-state index in [1.165, 1.54) is 5.56 Å². The fourth-order valence-corrected chi connectivity index (χ4v) is 2.28. The minimum Gasteiger partial charge on any atom is -0.497 e. The molecule has 1 aliphatic rings. The molecule has 0 aliphatic carbocycles. The largest absolute Gasteiger partial charge is 0.497 e. The predicted molar refractivity (Wildman–Crippen MR) is 96.3 cm³/mol. The number of carboxylic acid groups (broad SMARTS) is 2. The smallest absolute Gasteiger partial charge is 0.414 e. The van der Waals surface area contributed by atoms with Crippen LogP contribution in [0.2, 0.25) is 0 Å². The van der Waals surface area contributed by atoms with Gasteiger partial charge in [0.25, 0.3) is 0 Å². The number of aliphatic carboxylic acids is 2. The highest BCUT2D eigenvalue weighted by Crippen LogP contribution is 2.30. The lowest BCUT2D eigenvalue weighted by Gasteiger charge is -2.26. The summed E-state index contributed by atoms with van der Waals surface area (Å²) >= 11 is 0. The van der Waals surface area contributed by atoms with Crippen molar-refractivity contribution in [1.29, 1.82) is 0 Å². The average molecular weight is 375 g/mol. The maximum atomic E-state index is 9.10. The molecule has 144 valence electrons. The van der Waals surface area contributed by atoms with E-state index in [1.807, 2.05) is 36.4 Å². The summed E-state index contributed by atoms with van der Waals surface area (Å²) in [5.41, 5.74) is 1.22. The van der Waals surface area contributed by atoms with Crippen molar-refractivity contribution in [2.45, 2.75) is 12.6 Å². The van der Waals surface area contributed by atoms with Gasteiger partial charge in [0, 0.05) is 13.1 Å². The van der Waals surface area contributed by atoms with Crippen LogP contribution in [0.4, 0.5) is 0 Å². The Morgan fingerprint density at radius 2 is 1.70 bits per heavy atom. The molecule has 0 radical (unpaired) electrons. The van der Waals surface area contributed by atoms with Crippen LogP contribution in [0.1, 0.15) is 5.56 Å². The van der Waals surface area contributed by atoms with Crippen LogP contribution in [-0.2, 0) is 16.1 Å². The van der Waals surface area contributed by atoms with Gasteiger partial charge in [-0.1, -0.05) is 24.3 Å². The van der Waals surface area contributed by atoms with Gasteiger partial charge in [-0.25, -0.2) is 9.59 Å². The predicted octanol–water partition coefficient (Wildman–Crippen LogP) is 1.78. The third kappa shape index (κ3) is 6.52. The molecule has 0 saturated carbocycles. The van der Waals surface area contributed by atoms with E-state index in [9.17, 15) is 0 Å². The summed E-state index contributed by atoms with van der Waals surface area (Å²) in [7, 11) is 1.67. The van der Waals surface area contributed by atoms with Gasteiger partial charge in [0.15, 0.2) is 11.5 Å². The van der Waals surface area contributed by atoms with Crippen molar-refractivity contribution >= 4 is 11.9 Å². The Hall–Kier alpha value is -3.26. The molecule has 1 aliphatic heterocycles. The molecule has 1 unspecified atom stereocenters. The maximum Gasteiger partial charge on any atom is 0.414 e. The molecular weight excluding hydrogens is 354 g/mol. The highest BCUT2D eigenvalue weighted by molar-refractivity contribution is 6.27. The molecule has 2 aromatic carbocycles. The number of benzene rings is 2. The number of methoxy groups -OCH3 is 1. The Labute approximate surface area is 156 Å². The first-order valence-corrected chi connectivity index (χ1v) is 8.18. The van der Waals surface area contributed by atoms with Crippen LogP contribution in [0.15, 0.2) is 48.5 Å². The molecule has 8 heteroatoms. The summed E-state index contributed by atoms with van der Waals surface area (Å²) in [5.74, 6) is -1.13. The molecule has 3 rings (SSSR count). The zero-order valence-corrected chi connectivity index (χ0v) is 14.8. The summed E-state index contributed by atoms with van der Waals surface area (Å²) in [5, 5.41) is 18.2. The maximum absolute atomic E-state index is 9.10. The second-order valence-electron chi connectivity index (χ2n) is 5.59. The van der Waals surface area contributed by atoms with E-state index >= 15 is 0 Å². The highest BCUT2D eigenvalue weighted by atomic mass is 16.6. The minimum atomic E-state index is -1.82. The zero-order valence-electron chi connectivity index (χ0n) is 14.8. The summed E-state index contributed by atoms with van der Waals surface area (Å²) in [6.45, 7) is 2.12. The molecule has 3 N–H and O–H groups in total. The van der Waals surface area contributed by atoms with E-state index in [4.69, 9.17) is 34.0 Å². The lowest BCUT2D eigenvalue weighted by molar-refractivity contribution is -0.159. The number of carbonyl (C=O) groups is 2. The van der Waals surface area contributed by atoms with Crippen molar-refractivity contribution in [2.75, 3.05) is 20.3 Å². The van der Waals surface area contributed by atoms with Gasteiger partial charge in [0.05, 0.1) is 7.11 Å². The van der Waals surface area contributed by atoms with Crippen LogP contribution in [0, 0.1) is 0 Å². The number of fused-ring (bicyclic) bond motifs is 1. The Kier molecular flexibility index (Phi) is 7.45. The number of nitrogens with one attached hydrogen (secondary N) is 1. The first-order valence-electron chi connectivity index (χ1n) is 8.18. The van der Waals surface area contributed by atoms with Gasteiger partial charge in [-0.05, 0) is 29.8 Å². The molecule has 0 bridgehead atoms. The molecule has 0 fully saturated rings.